The Bertz CT molecular complexity index is 296. The highest BCUT2D eigenvalue weighted by atomic mass is 16.2. The molecule has 2 bridgehead atoms. The predicted molar refractivity (Wildman–Crippen MR) is 58.2 cm³/mol. The number of likely N-dealkylation sites (tertiary alicyclic amines) is 1. The number of nitrogens with zero attached hydrogens (tertiary/aromatic N) is 1. The van der Waals surface area contributed by atoms with Gasteiger partial charge in [0, 0.05) is 12.6 Å². The minimum Gasteiger partial charge on any atom is -0.338 e. The van der Waals surface area contributed by atoms with Gasteiger partial charge in [0.25, 0.3) is 0 Å². The van der Waals surface area contributed by atoms with Crippen LogP contribution in [-0.2, 0) is 4.79 Å². The summed E-state index contributed by atoms with van der Waals surface area (Å²) < 4.78 is 0. The van der Waals surface area contributed by atoms with Crippen molar-refractivity contribution in [2.24, 2.45) is 17.6 Å². The molecule has 0 aromatic carbocycles. The van der Waals surface area contributed by atoms with Gasteiger partial charge in [-0.3, -0.25) is 4.79 Å². The maximum atomic E-state index is 12.3. The van der Waals surface area contributed by atoms with Crippen molar-refractivity contribution in [3.05, 3.63) is 0 Å². The number of piperidine rings is 1. The van der Waals surface area contributed by atoms with Gasteiger partial charge in [-0.05, 0) is 50.9 Å². The zero-order valence-electron chi connectivity index (χ0n) is 9.41. The highest BCUT2D eigenvalue weighted by molar-refractivity contribution is 5.87. The van der Waals surface area contributed by atoms with Crippen LogP contribution < -0.4 is 5.73 Å². The molecule has 3 unspecified atom stereocenters. The summed E-state index contributed by atoms with van der Waals surface area (Å²) in [6.45, 7) is 2.90. The number of amides is 1. The molecule has 1 aliphatic heterocycles. The highest BCUT2D eigenvalue weighted by Gasteiger charge is 2.50. The van der Waals surface area contributed by atoms with Gasteiger partial charge in [-0.15, -0.1) is 0 Å². The first-order valence-corrected chi connectivity index (χ1v) is 6.19. The van der Waals surface area contributed by atoms with Crippen LogP contribution in [0.1, 0.15) is 39.0 Å². The fourth-order valence-corrected chi connectivity index (χ4v) is 3.34. The van der Waals surface area contributed by atoms with Gasteiger partial charge in [0.15, 0.2) is 0 Å². The zero-order chi connectivity index (χ0) is 10.6. The summed E-state index contributed by atoms with van der Waals surface area (Å²) in [5.41, 5.74) is 5.61. The van der Waals surface area contributed by atoms with Crippen LogP contribution in [0.25, 0.3) is 0 Å². The first kappa shape index (κ1) is 9.64. The van der Waals surface area contributed by atoms with Crippen LogP contribution in [0.3, 0.4) is 0 Å². The predicted octanol–water partition coefficient (Wildman–Crippen LogP) is 1.12. The Labute approximate surface area is 91.0 Å². The summed E-state index contributed by atoms with van der Waals surface area (Å²) in [4.78, 5) is 14.4. The molecule has 3 fully saturated rings. The average molecular weight is 208 g/mol. The summed E-state index contributed by atoms with van der Waals surface area (Å²) in [7, 11) is 0. The van der Waals surface area contributed by atoms with E-state index in [9.17, 15) is 4.79 Å². The van der Waals surface area contributed by atoms with E-state index in [4.69, 9.17) is 5.73 Å². The van der Waals surface area contributed by atoms with E-state index in [-0.39, 0.29) is 5.91 Å². The summed E-state index contributed by atoms with van der Waals surface area (Å²) in [5, 5.41) is 0. The molecule has 2 saturated carbocycles. The first-order valence-electron chi connectivity index (χ1n) is 6.19. The molecule has 3 rings (SSSR count). The Morgan fingerprint density at radius 3 is 2.53 bits per heavy atom. The number of nitrogens with two attached hydrogens (primary N) is 1. The van der Waals surface area contributed by atoms with Crippen LogP contribution in [-0.4, -0.2) is 28.9 Å². The van der Waals surface area contributed by atoms with Gasteiger partial charge in [0.05, 0.1) is 5.54 Å². The number of carbonyl (C=O) groups excluding carboxylic acids is 1. The second-order valence-electron chi connectivity index (χ2n) is 5.85. The van der Waals surface area contributed by atoms with E-state index in [0.29, 0.717) is 12.0 Å². The van der Waals surface area contributed by atoms with E-state index < -0.39 is 5.54 Å². The first-order chi connectivity index (χ1) is 7.09. The second-order valence-corrected chi connectivity index (χ2v) is 5.85. The smallest absolute Gasteiger partial charge is 0.242 e. The van der Waals surface area contributed by atoms with Crippen LogP contribution in [0, 0.1) is 11.8 Å². The Morgan fingerprint density at radius 1 is 1.33 bits per heavy atom. The molecule has 3 heteroatoms. The maximum Gasteiger partial charge on any atom is 0.242 e. The summed E-state index contributed by atoms with van der Waals surface area (Å²) in [6.07, 6.45) is 6.03. The monoisotopic (exact) mass is 208 g/mol. The third kappa shape index (κ3) is 1.40. The highest BCUT2D eigenvalue weighted by Crippen LogP contribution is 2.43. The van der Waals surface area contributed by atoms with Crippen LogP contribution >= 0.6 is 0 Å². The van der Waals surface area contributed by atoms with Gasteiger partial charge >= 0.3 is 0 Å². The van der Waals surface area contributed by atoms with E-state index >= 15 is 0 Å². The molecule has 1 heterocycles. The van der Waals surface area contributed by atoms with E-state index in [1.54, 1.807) is 0 Å². The van der Waals surface area contributed by atoms with E-state index in [1.807, 2.05) is 6.92 Å². The average Bonchev–Trinajstić information content (AvgIpc) is 2.88. The van der Waals surface area contributed by atoms with E-state index in [2.05, 4.69) is 4.90 Å². The lowest BCUT2D eigenvalue weighted by atomic mass is 9.94. The molecule has 0 aromatic heterocycles. The normalized spacial score (nSPS) is 38.1. The number of hydrogen-bond acceptors (Lipinski definition) is 2. The summed E-state index contributed by atoms with van der Waals surface area (Å²) in [5.74, 6) is 1.44. The van der Waals surface area contributed by atoms with Crippen molar-refractivity contribution in [3.8, 4) is 0 Å². The third-order valence-corrected chi connectivity index (χ3v) is 4.56. The molecule has 0 radical (unpaired) electrons. The van der Waals surface area contributed by atoms with Crippen molar-refractivity contribution >= 4 is 5.91 Å². The molecular formula is C12H20N2O. The molecule has 1 amide bonds. The van der Waals surface area contributed by atoms with Gasteiger partial charge in [0.1, 0.15) is 0 Å². The fourth-order valence-electron chi connectivity index (χ4n) is 3.34. The molecule has 2 aliphatic carbocycles. The quantitative estimate of drug-likeness (QED) is 0.739. The standard InChI is InChI=1S/C12H20N2O/c1-12(13,9-3-4-9)11(15)14-7-8-2-5-10(14)6-8/h8-10H,2-7,13H2,1H3. The molecule has 2 N–H and O–H groups in total. The van der Waals surface area contributed by atoms with Gasteiger partial charge in [-0.1, -0.05) is 0 Å². The number of hydrogen-bond donors (Lipinski definition) is 1. The minimum absolute atomic E-state index is 0.220. The second kappa shape index (κ2) is 2.97. The zero-order valence-corrected chi connectivity index (χ0v) is 9.41. The van der Waals surface area contributed by atoms with Crippen LogP contribution in [0.5, 0.6) is 0 Å². The number of rotatable bonds is 2. The molecule has 84 valence electrons. The molecule has 1 saturated heterocycles. The fraction of sp³-hybridized carbons (Fsp3) is 0.917. The maximum absolute atomic E-state index is 12.3. The Morgan fingerprint density at radius 2 is 2.07 bits per heavy atom. The van der Waals surface area contributed by atoms with Gasteiger partial charge in [0.2, 0.25) is 5.91 Å². The van der Waals surface area contributed by atoms with E-state index in [0.717, 1.165) is 25.3 Å². The van der Waals surface area contributed by atoms with Crippen molar-refractivity contribution in [2.75, 3.05) is 6.54 Å². The van der Waals surface area contributed by atoms with Crippen LogP contribution in [0.4, 0.5) is 0 Å². The summed E-state index contributed by atoms with van der Waals surface area (Å²) >= 11 is 0. The molecule has 0 spiro atoms. The lowest BCUT2D eigenvalue weighted by Gasteiger charge is -2.34. The van der Waals surface area contributed by atoms with Crippen molar-refractivity contribution in [1.29, 1.82) is 0 Å². The lowest BCUT2D eigenvalue weighted by molar-refractivity contribution is -0.138. The Hall–Kier alpha value is -0.570. The molecule has 0 aromatic rings. The number of carbonyl (C=O) groups is 1. The van der Waals surface area contributed by atoms with Gasteiger partial charge < -0.3 is 10.6 Å². The SMILES string of the molecule is CC(N)(C(=O)N1CC2CCC1C2)C1CC1. The molecule has 3 nitrogen and oxygen atoms in total. The molecule has 15 heavy (non-hydrogen) atoms. The van der Waals surface area contributed by atoms with Crippen molar-refractivity contribution in [2.45, 2.75) is 50.6 Å². The Balaban J connectivity index is 1.74. The molecule has 3 atom stereocenters. The minimum atomic E-state index is -0.579. The summed E-state index contributed by atoms with van der Waals surface area (Å²) in [6, 6.07) is 0.518. The number of fused-ring (bicyclic) bond motifs is 2. The van der Waals surface area contributed by atoms with E-state index in [1.165, 1.54) is 19.3 Å². The van der Waals surface area contributed by atoms with Crippen molar-refractivity contribution < 1.29 is 4.79 Å². The van der Waals surface area contributed by atoms with Crippen LogP contribution in [0.15, 0.2) is 0 Å². The largest absolute Gasteiger partial charge is 0.338 e. The van der Waals surface area contributed by atoms with Crippen LogP contribution in [0.2, 0.25) is 0 Å². The third-order valence-electron chi connectivity index (χ3n) is 4.56. The molecular weight excluding hydrogens is 188 g/mol. The van der Waals surface area contributed by atoms with Gasteiger partial charge in [-0.25, -0.2) is 0 Å². The Kier molecular flexibility index (Phi) is 1.91. The van der Waals surface area contributed by atoms with Crippen molar-refractivity contribution in [3.63, 3.8) is 0 Å². The topological polar surface area (TPSA) is 46.3 Å². The van der Waals surface area contributed by atoms with Gasteiger partial charge in [-0.2, -0.15) is 0 Å². The molecule has 3 aliphatic rings. The lowest BCUT2D eigenvalue weighted by Crippen LogP contribution is -2.56. The van der Waals surface area contributed by atoms with Crippen molar-refractivity contribution in [1.82, 2.24) is 4.90 Å².